The second-order valence-corrected chi connectivity index (χ2v) is 7.67. The summed E-state index contributed by atoms with van der Waals surface area (Å²) in [6, 6.07) is 13.7. The minimum absolute atomic E-state index is 0.0341. The smallest absolute Gasteiger partial charge is 0.246 e. The normalized spacial score (nSPS) is 11.1. The second kappa shape index (κ2) is 7.15. The summed E-state index contributed by atoms with van der Waals surface area (Å²) in [6.07, 6.45) is 1.42. The van der Waals surface area contributed by atoms with E-state index < -0.39 is 10.0 Å². The Labute approximate surface area is 155 Å². The van der Waals surface area contributed by atoms with Crippen LogP contribution >= 0.6 is 11.6 Å². The Kier molecular flexibility index (Phi) is 4.93. The number of halogens is 1. The van der Waals surface area contributed by atoms with Crippen LogP contribution in [0.25, 0.3) is 0 Å². The maximum atomic E-state index is 12.5. The number of nitrogens with one attached hydrogen (secondary N) is 1. The molecule has 3 aromatic rings. The zero-order valence-corrected chi connectivity index (χ0v) is 15.3. The average Bonchev–Trinajstić information content (AvgIpc) is 3.01. The standard InChI is InChI=1S/C17H14ClN5O2S/c1-12-2-7-16(15(18)8-12)26(24,25)22-17-20-11-23(21-17)10-14-5-3-13(9-19)4-6-14/h2-8,11H,10H2,1H3,(H,21,22). The molecular weight excluding hydrogens is 374 g/mol. The quantitative estimate of drug-likeness (QED) is 0.725. The summed E-state index contributed by atoms with van der Waals surface area (Å²) in [6.45, 7) is 2.22. The molecule has 0 unspecified atom stereocenters. The summed E-state index contributed by atoms with van der Waals surface area (Å²) >= 11 is 6.03. The monoisotopic (exact) mass is 387 g/mol. The Hall–Kier alpha value is -2.89. The Morgan fingerprint density at radius 1 is 1.23 bits per heavy atom. The molecule has 26 heavy (non-hydrogen) atoms. The first-order chi connectivity index (χ1) is 12.4. The maximum absolute atomic E-state index is 12.5. The van der Waals surface area contributed by atoms with Crippen LogP contribution in [0.5, 0.6) is 0 Å². The summed E-state index contributed by atoms with van der Waals surface area (Å²) in [5.74, 6) is -0.0460. The number of benzene rings is 2. The van der Waals surface area contributed by atoms with E-state index >= 15 is 0 Å². The molecule has 0 saturated heterocycles. The van der Waals surface area contributed by atoms with Crippen LogP contribution in [0.4, 0.5) is 5.95 Å². The van der Waals surface area contributed by atoms with Crippen molar-refractivity contribution in [2.75, 3.05) is 4.72 Å². The number of sulfonamides is 1. The fourth-order valence-electron chi connectivity index (χ4n) is 2.29. The molecule has 0 bridgehead atoms. The maximum Gasteiger partial charge on any atom is 0.265 e. The van der Waals surface area contributed by atoms with Gasteiger partial charge in [-0.05, 0) is 42.3 Å². The van der Waals surface area contributed by atoms with Crippen molar-refractivity contribution in [1.29, 1.82) is 5.26 Å². The average molecular weight is 388 g/mol. The summed E-state index contributed by atoms with van der Waals surface area (Å²) < 4.78 is 28.7. The van der Waals surface area contributed by atoms with Crippen molar-refractivity contribution < 1.29 is 8.42 Å². The third-order valence-corrected chi connectivity index (χ3v) is 5.38. The third kappa shape index (κ3) is 4.02. The number of nitrogens with zero attached hydrogens (tertiary/aromatic N) is 4. The van der Waals surface area contributed by atoms with Crippen LogP contribution in [-0.4, -0.2) is 23.2 Å². The molecule has 0 radical (unpaired) electrons. The van der Waals surface area contributed by atoms with Gasteiger partial charge in [-0.2, -0.15) is 10.2 Å². The summed E-state index contributed by atoms with van der Waals surface area (Å²) in [7, 11) is -3.89. The Balaban J connectivity index is 1.76. The Morgan fingerprint density at radius 3 is 2.62 bits per heavy atom. The zero-order chi connectivity index (χ0) is 18.7. The molecule has 3 rings (SSSR count). The van der Waals surface area contributed by atoms with Crippen LogP contribution in [0.3, 0.4) is 0 Å². The van der Waals surface area contributed by atoms with E-state index in [1.54, 1.807) is 36.4 Å². The number of hydrogen-bond acceptors (Lipinski definition) is 5. The van der Waals surface area contributed by atoms with Gasteiger partial charge in [-0.3, -0.25) is 0 Å². The van der Waals surface area contributed by atoms with Crippen molar-refractivity contribution in [2.24, 2.45) is 0 Å². The number of hydrogen-bond donors (Lipinski definition) is 1. The van der Waals surface area contributed by atoms with Crippen LogP contribution in [0, 0.1) is 18.3 Å². The van der Waals surface area contributed by atoms with Crippen LogP contribution in [0.1, 0.15) is 16.7 Å². The van der Waals surface area contributed by atoms with E-state index in [1.807, 2.05) is 13.0 Å². The van der Waals surface area contributed by atoms with Crippen molar-refractivity contribution in [1.82, 2.24) is 14.8 Å². The van der Waals surface area contributed by atoms with Crippen molar-refractivity contribution in [3.63, 3.8) is 0 Å². The number of anilines is 1. The molecule has 0 amide bonds. The van der Waals surface area contributed by atoms with E-state index in [1.165, 1.54) is 17.1 Å². The highest BCUT2D eigenvalue weighted by Gasteiger charge is 2.19. The first kappa shape index (κ1) is 17.9. The van der Waals surface area contributed by atoms with E-state index in [2.05, 4.69) is 14.8 Å². The highest BCUT2D eigenvalue weighted by atomic mass is 35.5. The van der Waals surface area contributed by atoms with Gasteiger partial charge in [-0.15, -0.1) is 5.10 Å². The first-order valence-corrected chi connectivity index (χ1v) is 9.41. The fourth-order valence-corrected chi connectivity index (χ4v) is 3.83. The lowest BCUT2D eigenvalue weighted by atomic mass is 10.1. The minimum atomic E-state index is -3.89. The second-order valence-electron chi connectivity index (χ2n) is 5.61. The molecule has 0 atom stereocenters. The van der Waals surface area contributed by atoms with Crippen LogP contribution in [0.15, 0.2) is 53.7 Å². The lowest BCUT2D eigenvalue weighted by Crippen LogP contribution is -2.15. The molecule has 1 heterocycles. The number of aromatic nitrogens is 3. The Morgan fingerprint density at radius 2 is 1.96 bits per heavy atom. The lowest BCUT2D eigenvalue weighted by Gasteiger charge is -2.07. The van der Waals surface area contributed by atoms with E-state index in [4.69, 9.17) is 16.9 Å². The Bertz CT molecular complexity index is 1090. The van der Waals surface area contributed by atoms with Gasteiger partial charge in [0, 0.05) is 0 Å². The van der Waals surface area contributed by atoms with Gasteiger partial charge in [-0.1, -0.05) is 29.8 Å². The molecule has 0 aliphatic heterocycles. The van der Waals surface area contributed by atoms with Crippen LogP contribution < -0.4 is 4.72 Å². The van der Waals surface area contributed by atoms with Crippen LogP contribution in [0.2, 0.25) is 5.02 Å². The van der Waals surface area contributed by atoms with Crippen LogP contribution in [-0.2, 0) is 16.6 Å². The summed E-state index contributed by atoms with van der Waals surface area (Å²) in [4.78, 5) is 3.94. The molecular formula is C17H14ClN5O2S. The highest BCUT2D eigenvalue weighted by Crippen LogP contribution is 2.23. The minimum Gasteiger partial charge on any atom is -0.246 e. The van der Waals surface area contributed by atoms with Crippen molar-refractivity contribution in [3.8, 4) is 6.07 Å². The van der Waals surface area contributed by atoms with Gasteiger partial charge in [0.15, 0.2) is 0 Å². The molecule has 7 nitrogen and oxygen atoms in total. The summed E-state index contributed by atoms with van der Waals surface area (Å²) in [5.41, 5.74) is 2.33. The molecule has 0 fully saturated rings. The molecule has 1 aromatic heterocycles. The lowest BCUT2D eigenvalue weighted by molar-refractivity contribution is 0.600. The fraction of sp³-hybridized carbons (Fsp3) is 0.118. The number of nitriles is 1. The topological polar surface area (TPSA) is 101 Å². The highest BCUT2D eigenvalue weighted by molar-refractivity contribution is 7.92. The van der Waals surface area contributed by atoms with E-state index in [0.29, 0.717) is 12.1 Å². The zero-order valence-electron chi connectivity index (χ0n) is 13.7. The molecule has 0 saturated carbocycles. The molecule has 0 aliphatic carbocycles. The SMILES string of the molecule is Cc1ccc(S(=O)(=O)Nc2ncn(Cc3ccc(C#N)cc3)n2)c(Cl)c1. The molecule has 9 heteroatoms. The van der Waals surface area contributed by atoms with Gasteiger partial charge in [0.05, 0.1) is 23.2 Å². The predicted molar refractivity (Wildman–Crippen MR) is 97.3 cm³/mol. The van der Waals surface area contributed by atoms with E-state index in [-0.39, 0.29) is 15.9 Å². The van der Waals surface area contributed by atoms with Gasteiger partial charge < -0.3 is 0 Å². The summed E-state index contributed by atoms with van der Waals surface area (Å²) in [5, 5.41) is 13.1. The molecule has 1 N–H and O–H groups in total. The molecule has 0 aliphatic rings. The van der Waals surface area contributed by atoms with Crippen molar-refractivity contribution in [2.45, 2.75) is 18.4 Å². The molecule has 2 aromatic carbocycles. The van der Waals surface area contributed by atoms with Crippen molar-refractivity contribution >= 4 is 27.6 Å². The van der Waals surface area contributed by atoms with E-state index in [9.17, 15) is 8.42 Å². The first-order valence-electron chi connectivity index (χ1n) is 7.55. The molecule has 0 spiro atoms. The van der Waals surface area contributed by atoms with Gasteiger partial charge in [0.25, 0.3) is 16.0 Å². The number of aryl methyl sites for hydroxylation is 1. The molecule has 132 valence electrons. The largest absolute Gasteiger partial charge is 0.265 e. The van der Waals surface area contributed by atoms with Gasteiger partial charge in [0.1, 0.15) is 11.2 Å². The van der Waals surface area contributed by atoms with Crippen molar-refractivity contribution in [3.05, 3.63) is 70.5 Å². The van der Waals surface area contributed by atoms with Gasteiger partial charge in [-0.25, -0.2) is 17.8 Å². The van der Waals surface area contributed by atoms with Gasteiger partial charge in [0.2, 0.25) is 0 Å². The number of rotatable bonds is 5. The van der Waals surface area contributed by atoms with Gasteiger partial charge >= 0.3 is 0 Å². The van der Waals surface area contributed by atoms with E-state index in [0.717, 1.165) is 11.1 Å². The third-order valence-electron chi connectivity index (χ3n) is 3.57. The predicted octanol–water partition coefficient (Wildman–Crippen LogP) is 2.96.